The fourth-order valence-electron chi connectivity index (χ4n) is 2.53. The molecule has 0 saturated carbocycles. The topological polar surface area (TPSA) is 58.4 Å². The van der Waals surface area contributed by atoms with Crippen LogP contribution in [-0.4, -0.2) is 37.0 Å². The van der Waals surface area contributed by atoms with Gasteiger partial charge >= 0.3 is 0 Å². The number of hydrogen-bond acceptors (Lipinski definition) is 3. The lowest BCUT2D eigenvalue weighted by molar-refractivity contribution is -0.116. The molecule has 1 heterocycles. The Morgan fingerprint density at radius 1 is 1.55 bits per heavy atom. The third-order valence-corrected chi connectivity index (χ3v) is 4.13. The van der Waals surface area contributed by atoms with Crippen LogP contribution >= 0.6 is 11.6 Å². The number of benzene rings is 1. The van der Waals surface area contributed by atoms with E-state index in [1.165, 1.54) is 0 Å². The normalized spacial score (nSPS) is 22.9. The zero-order chi connectivity index (χ0) is 14.6. The molecule has 5 heteroatoms. The molecule has 1 aromatic rings. The van der Waals surface area contributed by atoms with Crippen molar-refractivity contribution in [3.63, 3.8) is 0 Å². The van der Waals surface area contributed by atoms with E-state index in [-0.39, 0.29) is 11.3 Å². The average molecular weight is 296 g/mol. The molecule has 3 N–H and O–H groups in total. The highest BCUT2D eigenvalue weighted by molar-refractivity contribution is 6.30. The van der Waals surface area contributed by atoms with Crippen molar-refractivity contribution >= 4 is 23.2 Å². The van der Waals surface area contributed by atoms with E-state index in [4.69, 9.17) is 17.3 Å². The third-order valence-electron chi connectivity index (χ3n) is 3.89. The van der Waals surface area contributed by atoms with E-state index in [0.29, 0.717) is 18.0 Å². The molecule has 20 heavy (non-hydrogen) atoms. The Kier molecular flexibility index (Phi) is 5.02. The van der Waals surface area contributed by atoms with E-state index < -0.39 is 0 Å². The van der Waals surface area contributed by atoms with Gasteiger partial charge in [0.1, 0.15) is 0 Å². The number of anilines is 1. The van der Waals surface area contributed by atoms with Crippen LogP contribution in [0.2, 0.25) is 5.02 Å². The van der Waals surface area contributed by atoms with Gasteiger partial charge in [0.05, 0.1) is 0 Å². The van der Waals surface area contributed by atoms with Gasteiger partial charge in [-0.05, 0) is 43.1 Å². The molecule has 2 rings (SSSR count). The highest BCUT2D eigenvalue weighted by atomic mass is 35.5. The summed E-state index contributed by atoms with van der Waals surface area (Å²) >= 11 is 5.88. The highest BCUT2D eigenvalue weighted by Gasteiger charge is 2.32. The first kappa shape index (κ1) is 15.3. The minimum atomic E-state index is 0.0219. The summed E-state index contributed by atoms with van der Waals surface area (Å²) < 4.78 is 0. The van der Waals surface area contributed by atoms with Gasteiger partial charge in [0, 0.05) is 30.2 Å². The van der Waals surface area contributed by atoms with Crippen LogP contribution in [0.1, 0.15) is 19.8 Å². The van der Waals surface area contributed by atoms with Crippen molar-refractivity contribution in [2.45, 2.75) is 19.8 Å². The minimum Gasteiger partial charge on any atom is -0.330 e. The van der Waals surface area contributed by atoms with Gasteiger partial charge in [0.15, 0.2) is 0 Å². The van der Waals surface area contributed by atoms with Crippen LogP contribution in [0.5, 0.6) is 0 Å². The van der Waals surface area contributed by atoms with Crippen LogP contribution in [0, 0.1) is 5.41 Å². The van der Waals surface area contributed by atoms with Crippen LogP contribution in [0.4, 0.5) is 5.69 Å². The largest absolute Gasteiger partial charge is 0.330 e. The van der Waals surface area contributed by atoms with Gasteiger partial charge < -0.3 is 16.0 Å². The first-order valence-electron chi connectivity index (χ1n) is 6.99. The van der Waals surface area contributed by atoms with Crippen LogP contribution in [-0.2, 0) is 4.79 Å². The summed E-state index contributed by atoms with van der Waals surface area (Å²) in [4.78, 5) is 14.2. The molecule has 0 aliphatic carbocycles. The van der Waals surface area contributed by atoms with E-state index in [9.17, 15) is 4.79 Å². The number of hydrogen-bond donors (Lipinski definition) is 2. The number of halogens is 1. The molecule has 1 atom stereocenters. The summed E-state index contributed by atoms with van der Waals surface area (Å²) in [5, 5.41) is 3.49. The second-order valence-electron chi connectivity index (χ2n) is 5.85. The molecule has 0 radical (unpaired) electrons. The lowest BCUT2D eigenvalue weighted by Gasteiger charge is -2.22. The summed E-state index contributed by atoms with van der Waals surface area (Å²) in [6.07, 6.45) is 1.60. The summed E-state index contributed by atoms with van der Waals surface area (Å²) in [7, 11) is 0. The minimum absolute atomic E-state index is 0.0219. The molecule has 0 aromatic heterocycles. The van der Waals surface area contributed by atoms with Crippen LogP contribution in [0.3, 0.4) is 0 Å². The fraction of sp³-hybridized carbons (Fsp3) is 0.533. The van der Waals surface area contributed by atoms with E-state index in [1.54, 1.807) is 12.1 Å². The Balaban J connectivity index is 1.76. The number of rotatable bonds is 5. The highest BCUT2D eigenvalue weighted by Crippen LogP contribution is 2.28. The van der Waals surface area contributed by atoms with Gasteiger partial charge in [-0.1, -0.05) is 24.6 Å². The summed E-state index contributed by atoms with van der Waals surface area (Å²) in [5.41, 5.74) is 6.74. The molecule has 1 unspecified atom stereocenters. The predicted octanol–water partition coefficient (Wildman–Crippen LogP) is 2.34. The molecular weight excluding hydrogens is 274 g/mol. The molecular formula is C15H22ClN3O. The number of likely N-dealkylation sites (tertiary alicyclic amines) is 1. The van der Waals surface area contributed by atoms with Gasteiger partial charge in [-0.2, -0.15) is 0 Å². The second kappa shape index (κ2) is 6.57. The van der Waals surface area contributed by atoms with Gasteiger partial charge in [0.25, 0.3) is 0 Å². The number of carbonyl (C=O) groups excluding carboxylic acids is 1. The average Bonchev–Trinajstić information content (AvgIpc) is 2.79. The van der Waals surface area contributed by atoms with Gasteiger partial charge in [-0.3, -0.25) is 4.79 Å². The molecule has 1 aromatic carbocycles. The van der Waals surface area contributed by atoms with Crippen molar-refractivity contribution in [1.29, 1.82) is 0 Å². The Bertz CT molecular complexity index is 480. The Labute approximate surface area is 125 Å². The monoisotopic (exact) mass is 295 g/mol. The van der Waals surface area contributed by atoms with Crippen molar-refractivity contribution < 1.29 is 4.79 Å². The number of nitrogens with two attached hydrogens (primary N) is 1. The fourth-order valence-corrected chi connectivity index (χ4v) is 2.72. The van der Waals surface area contributed by atoms with Crippen molar-refractivity contribution in [3.8, 4) is 0 Å². The van der Waals surface area contributed by atoms with Crippen LogP contribution in [0.15, 0.2) is 24.3 Å². The van der Waals surface area contributed by atoms with Crippen molar-refractivity contribution in [1.82, 2.24) is 4.90 Å². The predicted molar refractivity (Wildman–Crippen MR) is 82.9 cm³/mol. The Morgan fingerprint density at radius 2 is 2.35 bits per heavy atom. The SMILES string of the molecule is CC1(CN)CCN(CCC(=O)Nc2cccc(Cl)c2)C1. The molecule has 1 amide bonds. The van der Waals surface area contributed by atoms with Gasteiger partial charge in [-0.25, -0.2) is 0 Å². The summed E-state index contributed by atoms with van der Waals surface area (Å²) in [6, 6.07) is 7.20. The maximum Gasteiger partial charge on any atom is 0.225 e. The number of nitrogens with zero attached hydrogens (tertiary/aromatic N) is 1. The van der Waals surface area contributed by atoms with Crippen LogP contribution in [0.25, 0.3) is 0 Å². The van der Waals surface area contributed by atoms with E-state index in [0.717, 1.165) is 31.7 Å². The van der Waals surface area contributed by atoms with E-state index in [1.807, 2.05) is 12.1 Å². The lowest BCUT2D eigenvalue weighted by Crippen LogP contribution is -2.32. The third kappa shape index (κ3) is 4.20. The molecule has 110 valence electrons. The zero-order valence-electron chi connectivity index (χ0n) is 11.9. The van der Waals surface area contributed by atoms with Gasteiger partial charge in [0.2, 0.25) is 5.91 Å². The standard InChI is InChI=1S/C15H22ClN3O/c1-15(10-17)6-8-19(11-15)7-5-14(20)18-13-4-2-3-12(16)9-13/h2-4,9H,5-8,10-11,17H2,1H3,(H,18,20). The van der Waals surface area contributed by atoms with Crippen molar-refractivity contribution in [2.24, 2.45) is 11.1 Å². The van der Waals surface area contributed by atoms with E-state index >= 15 is 0 Å². The number of amides is 1. The first-order valence-corrected chi connectivity index (χ1v) is 7.36. The first-order chi connectivity index (χ1) is 9.50. The lowest BCUT2D eigenvalue weighted by atomic mass is 9.90. The molecule has 1 saturated heterocycles. The molecule has 1 aliphatic rings. The van der Waals surface area contributed by atoms with E-state index in [2.05, 4.69) is 17.1 Å². The molecule has 4 nitrogen and oxygen atoms in total. The van der Waals surface area contributed by atoms with Crippen LogP contribution < -0.4 is 11.1 Å². The summed E-state index contributed by atoms with van der Waals surface area (Å²) in [5.74, 6) is 0.0219. The smallest absolute Gasteiger partial charge is 0.225 e. The Hall–Kier alpha value is -1.10. The maximum atomic E-state index is 11.9. The second-order valence-corrected chi connectivity index (χ2v) is 6.29. The number of carbonyl (C=O) groups is 1. The van der Waals surface area contributed by atoms with Crippen molar-refractivity contribution in [3.05, 3.63) is 29.3 Å². The quantitative estimate of drug-likeness (QED) is 0.876. The molecule has 0 bridgehead atoms. The molecule has 1 aliphatic heterocycles. The maximum absolute atomic E-state index is 11.9. The van der Waals surface area contributed by atoms with Crippen molar-refractivity contribution in [2.75, 3.05) is 31.5 Å². The zero-order valence-corrected chi connectivity index (χ0v) is 12.6. The molecule has 1 fully saturated rings. The number of nitrogens with one attached hydrogen (secondary N) is 1. The molecule has 0 spiro atoms. The Morgan fingerprint density at radius 3 is 3.00 bits per heavy atom. The van der Waals surface area contributed by atoms with Gasteiger partial charge in [-0.15, -0.1) is 0 Å². The summed E-state index contributed by atoms with van der Waals surface area (Å²) in [6.45, 7) is 5.70.